The number of aliphatic carboxylic acids is 2. The van der Waals surface area contributed by atoms with Crippen LogP contribution in [0.15, 0.2) is 59.1 Å². The number of para-hydroxylation sites is 1. The van der Waals surface area contributed by atoms with E-state index in [1.807, 2.05) is 0 Å². The minimum Gasteiger partial charge on any atom is -0.478 e. The van der Waals surface area contributed by atoms with Crippen LogP contribution in [-0.4, -0.2) is 58.0 Å². The van der Waals surface area contributed by atoms with Crippen LogP contribution in [0.3, 0.4) is 0 Å². The topological polar surface area (TPSA) is 107 Å². The van der Waals surface area contributed by atoms with E-state index in [0.717, 1.165) is 24.0 Å². The van der Waals surface area contributed by atoms with Gasteiger partial charge in [-0.2, -0.15) is 0 Å². The second kappa shape index (κ2) is 11.3. The molecule has 0 aliphatic carbocycles. The summed E-state index contributed by atoms with van der Waals surface area (Å²) in [5.74, 6) is -2.63. The van der Waals surface area contributed by atoms with Crippen LogP contribution >= 0.6 is 0 Å². The Bertz CT molecular complexity index is 1240. The SMILES string of the molecule is CC(N1CCCCC1)N1CCC(c2noc3cc(F)ccc23)c2ccccc21.O=C(O)C=CC(=O)O. The minimum absolute atomic E-state index is 0.174. The number of likely N-dealkylation sites (tertiary alicyclic amines) is 1. The second-order valence-electron chi connectivity index (χ2n) is 9.04. The molecule has 190 valence electrons. The predicted molar refractivity (Wildman–Crippen MR) is 134 cm³/mol. The average molecular weight is 496 g/mol. The molecule has 3 aromatic rings. The van der Waals surface area contributed by atoms with Crippen molar-refractivity contribution in [3.63, 3.8) is 0 Å². The third-order valence-corrected chi connectivity index (χ3v) is 6.81. The molecule has 2 atom stereocenters. The summed E-state index contributed by atoms with van der Waals surface area (Å²) in [6.07, 6.45) is 6.43. The van der Waals surface area contributed by atoms with Crippen LogP contribution in [0.1, 0.15) is 49.8 Å². The Morgan fingerprint density at radius 1 is 1.06 bits per heavy atom. The number of carboxylic acid groups (broad SMARTS) is 2. The van der Waals surface area contributed by atoms with E-state index < -0.39 is 11.9 Å². The summed E-state index contributed by atoms with van der Waals surface area (Å²) in [6, 6.07) is 13.4. The predicted octanol–water partition coefficient (Wildman–Crippen LogP) is 4.85. The van der Waals surface area contributed by atoms with E-state index in [2.05, 4.69) is 46.1 Å². The summed E-state index contributed by atoms with van der Waals surface area (Å²) >= 11 is 0. The summed E-state index contributed by atoms with van der Waals surface area (Å²) in [5.41, 5.74) is 4.02. The molecule has 5 rings (SSSR count). The smallest absolute Gasteiger partial charge is 0.328 e. The Hall–Kier alpha value is -3.72. The van der Waals surface area contributed by atoms with Crippen molar-refractivity contribution in [3.8, 4) is 0 Å². The summed E-state index contributed by atoms with van der Waals surface area (Å²) in [4.78, 5) is 24.3. The zero-order valence-corrected chi connectivity index (χ0v) is 20.1. The number of hydrogen-bond donors (Lipinski definition) is 2. The molecule has 36 heavy (non-hydrogen) atoms. The Morgan fingerprint density at radius 3 is 2.44 bits per heavy atom. The molecule has 1 fully saturated rings. The van der Waals surface area contributed by atoms with E-state index in [9.17, 15) is 14.0 Å². The first-order valence-electron chi connectivity index (χ1n) is 12.1. The number of aromatic nitrogens is 1. The fraction of sp³-hybridized carbons (Fsp3) is 0.370. The van der Waals surface area contributed by atoms with Gasteiger partial charge < -0.3 is 19.6 Å². The van der Waals surface area contributed by atoms with Gasteiger partial charge in [0.05, 0.1) is 11.9 Å². The van der Waals surface area contributed by atoms with Crippen LogP contribution in [0.5, 0.6) is 0 Å². The zero-order valence-electron chi connectivity index (χ0n) is 20.1. The fourth-order valence-electron chi connectivity index (χ4n) is 5.07. The standard InChI is InChI=1S/C23H26FN3O.C4H4O4/c1-16(26-12-5-2-6-13-26)27-14-11-19(18-7-3-4-8-21(18)27)23-20-10-9-17(24)15-22(20)28-25-23;5-3(6)1-2-4(7)8/h3-4,7-10,15-16,19H,2,5-6,11-14H2,1H3;1-2H,(H,5,6)(H,7,8). The number of fused-ring (bicyclic) bond motifs is 2. The monoisotopic (exact) mass is 495 g/mol. The van der Waals surface area contributed by atoms with E-state index in [1.165, 1.54) is 55.7 Å². The summed E-state index contributed by atoms with van der Waals surface area (Å²) in [6.45, 7) is 5.68. The van der Waals surface area contributed by atoms with E-state index in [0.29, 0.717) is 23.9 Å². The lowest BCUT2D eigenvalue weighted by molar-refractivity contribution is -0.134. The van der Waals surface area contributed by atoms with Crippen LogP contribution in [0.2, 0.25) is 0 Å². The first kappa shape index (κ1) is 25.4. The number of carbonyl (C=O) groups is 2. The van der Waals surface area contributed by atoms with E-state index in [1.54, 1.807) is 6.07 Å². The van der Waals surface area contributed by atoms with Crippen LogP contribution in [0.4, 0.5) is 10.1 Å². The van der Waals surface area contributed by atoms with Crippen molar-refractivity contribution in [1.29, 1.82) is 0 Å². The van der Waals surface area contributed by atoms with Gasteiger partial charge in [-0.1, -0.05) is 29.8 Å². The normalized spacial score (nSPS) is 18.9. The van der Waals surface area contributed by atoms with Crippen molar-refractivity contribution in [2.24, 2.45) is 0 Å². The third-order valence-electron chi connectivity index (χ3n) is 6.81. The molecule has 0 radical (unpaired) electrons. The number of benzene rings is 2. The van der Waals surface area contributed by atoms with Crippen LogP contribution < -0.4 is 4.90 Å². The third kappa shape index (κ3) is 5.73. The quantitative estimate of drug-likeness (QED) is 0.484. The number of nitrogens with zero attached hydrogens (tertiary/aromatic N) is 3. The van der Waals surface area contributed by atoms with E-state index >= 15 is 0 Å². The van der Waals surface area contributed by atoms with Gasteiger partial charge in [0.1, 0.15) is 5.82 Å². The number of carboxylic acids is 2. The first-order chi connectivity index (χ1) is 17.3. The van der Waals surface area contributed by atoms with Crippen molar-refractivity contribution in [1.82, 2.24) is 10.1 Å². The number of anilines is 1. The molecule has 1 saturated heterocycles. The van der Waals surface area contributed by atoms with Crippen molar-refractivity contribution in [2.75, 3.05) is 24.5 Å². The lowest BCUT2D eigenvalue weighted by Gasteiger charge is -2.44. The molecule has 2 aliphatic rings. The molecule has 2 unspecified atom stereocenters. The van der Waals surface area contributed by atoms with Crippen molar-refractivity contribution >= 4 is 28.6 Å². The highest BCUT2D eigenvalue weighted by atomic mass is 19.1. The molecular weight excluding hydrogens is 465 g/mol. The van der Waals surface area contributed by atoms with E-state index in [4.69, 9.17) is 14.7 Å². The summed E-state index contributed by atoms with van der Waals surface area (Å²) in [7, 11) is 0. The fourth-order valence-corrected chi connectivity index (χ4v) is 5.07. The molecule has 2 aliphatic heterocycles. The molecule has 1 aromatic heterocycles. The Kier molecular flexibility index (Phi) is 8.00. The maximum absolute atomic E-state index is 13.5. The largest absolute Gasteiger partial charge is 0.478 e. The maximum Gasteiger partial charge on any atom is 0.328 e. The van der Waals surface area contributed by atoms with Gasteiger partial charge in [0.15, 0.2) is 5.58 Å². The molecule has 0 spiro atoms. The Morgan fingerprint density at radius 2 is 1.75 bits per heavy atom. The number of hydrogen-bond acceptors (Lipinski definition) is 6. The number of halogens is 1. The second-order valence-corrected chi connectivity index (χ2v) is 9.04. The highest BCUT2D eigenvalue weighted by Crippen LogP contribution is 2.42. The van der Waals surface area contributed by atoms with Crippen molar-refractivity contribution in [3.05, 3.63) is 71.7 Å². The molecule has 2 aromatic carbocycles. The molecule has 8 nitrogen and oxygen atoms in total. The first-order valence-corrected chi connectivity index (χ1v) is 12.1. The summed E-state index contributed by atoms with van der Waals surface area (Å²) in [5, 5.41) is 20.9. The molecule has 9 heteroatoms. The maximum atomic E-state index is 13.5. The minimum atomic E-state index is -1.26. The lowest BCUT2D eigenvalue weighted by Crippen LogP contribution is -2.50. The van der Waals surface area contributed by atoms with Gasteiger partial charge >= 0.3 is 11.9 Å². The molecule has 3 heterocycles. The van der Waals surface area contributed by atoms with Gasteiger partial charge in [-0.15, -0.1) is 0 Å². The van der Waals surface area contributed by atoms with Gasteiger partial charge in [-0.25, -0.2) is 14.0 Å². The van der Waals surface area contributed by atoms with Gasteiger partial charge in [-0.05, 0) is 49.9 Å². The van der Waals surface area contributed by atoms with Gasteiger partial charge in [0, 0.05) is 54.8 Å². The van der Waals surface area contributed by atoms with Crippen LogP contribution in [-0.2, 0) is 9.59 Å². The van der Waals surface area contributed by atoms with Crippen LogP contribution in [0, 0.1) is 5.82 Å². The molecular formula is C27H30FN3O5. The molecule has 2 N–H and O–H groups in total. The van der Waals surface area contributed by atoms with Crippen molar-refractivity contribution in [2.45, 2.75) is 44.7 Å². The highest BCUT2D eigenvalue weighted by molar-refractivity contribution is 5.89. The number of piperidine rings is 1. The highest BCUT2D eigenvalue weighted by Gasteiger charge is 2.33. The van der Waals surface area contributed by atoms with Crippen molar-refractivity contribution < 1.29 is 28.7 Å². The number of rotatable bonds is 5. The van der Waals surface area contributed by atoms with E-state index in [-0.39, 0.29) is 11.7 Å². The zero-order chi connectivity index (χ0) is 25.7. The average Bonchev–Trinajstić information content (AvgIpc) is 3.30. The Balaban J connectivity index is 0.000000331. The summed E-state index contributed by atoms with van der Waals surface area (Å²) < 4.78 is 19.0. The molecule has 0 saturated carbocycles. The Labute approximate surface area is 208 Å². The van der Waals surface area contributed by atoms with Gasteiger partial charge in [-0.3, -0.25) is 4.90 Å². The van der Waals surface area contributed by atoms with Crippen LogP contribution in [0.25, 0.3) is 11.0 Å². The van der Waals surface area contributed by atoms with Gasteiger partial charge in [0.25, 0.3) is 0 Å². The van der Waals surface area contributed by atoms with Gasteiger partial charge in [0.2, 0.25) is 0 Å². The lowest BCUT2D eigenvalue weighted by atomic mass is 9.86. The molecule has 0 bridgehead atoms. The molecule has 0 amide bonds.